The van der Waals surface area contributed by atoms with E-state index in [9.17, 15) is 0 Å². The molecule has 0 saturated heterocycles. The lowest BCUT2D eigenvalue weighted by molar-refractivity contribution is -0.128. The largest absolute Gasteiger partial charge is 0.493 e. The standard InChI is InChI=1S/C15H21NO3/c1-11-7-13-9-15(18-4)14(17-3)8-12(13)5-6-16(2)19-10-11/h7-9H,5-6,10H2,1-4H3/b11-7-. The normalized spacial score (nSPS) is 19.5. The zero-order valence-electron chi connectivity index (χ0n) is 12.0. The Hall–Kier alpha value is -1.52. The van der Waals surface area contributed by atoms with Crippen LogP contribution < -0.4 is 9.47 Å². The molecule has 1 aliphatic rings. The molecule has 1 aliphatic heterocycles. The van der Waals surface area contributed by atoms with E-state index < -0.39 is 0 Å². The third-order valence-electron chi connectivity index (χ3n) is 3.26. The number of fused-ring (bicyclic) bond motifs is 1. The number of hydrogen-bond acceptors (Lipinski definition) is 4. The van der Waals surface area contributed by atoms with E-state index in [-0.39, 0.29) is 0 Å². The molecule has 2 rings (SSSR count). The Bertz CT molecular complexity index is 483. The van der Waals surface area contributed by atoms with Gasteiger partial charge in [-0.15, -0.1) is 0 Å². The zero-order valence-corrected chi connectivity index (χ0v) is 12.0. The molecule has 0 radical (unpaired) electrons. The van der Waals surface area contributed by atoms with E-state index in [4.69, 9.17) is 14.3 Å². The van der Waals surface area contributed by atoms with Gasteiger partial charge in [0, 0.05) is 13.6 Å². The van der Waals surface area contributed by atoms with Crippen molar-refractivity contribution in [2.75, 3.05) is 34.4 Å². The lowest BCUT2D eigenvalue weighted by atomic mass is 10.0. The Morgan fingerprint density at radius 2 is 1.84 bits per heavy atom. The fourth-order valence-corrected chi connectivity index (χ4v) is 2.15. The van der Waals surface area contributed by atoms with Gasteiger partial charge in [0.05, 0.1) is 20.8 Å². The van der Waals surface area contributed by atoms with Crippen LogP contribution in [-0.2, 0) is 11.3 Å². The third-order valence-corrected chi connectivity index (χ3v) is 3.26. The highest BCUT2D eigenvalue weighted by molar-refractivity contribution is 5.62. The molecule has 4 heteroatoms. The smallest absolute Gasteiger partial charge is 0.161 e. The van der Waals surface area contributed by atoms with Gasteiger partial charge >= 0.3 is 0 Å². The van der Waals surface area contributed by atoms with E-state index in [1.165, 1.54) is 16.7 Å². The number of benzene rings is 1. The van der Waals surface area contributed by atoms with Gasteiger partial charge in [-0.2, -0.15) is 5.06 Å². The molecular formula is C15H21NO3. The first-order valence-electron chi connectivity index (χ1n) is 6.40. The Morgan fingerprint density at radius 3 is 2.53 bits per heavy atom. The van der Waals surface area contributed by atoms with Crippen LogP contribution in [0, 0.1) is 0 Å². The zero-order chi connectivity index (χ0) is 13.8. The van der Waals surface area contributed by atoms with Crippen LogP contribution in [0.1, 0.15) is 18.1 Å². The first-order valence-corrected chi connectivity index (χ1v) is 6.40. The van der Waals surface area contributed by atoms with Gasteiger partial charge in [-0.1, -0.05) is 6.08 Å². The molecule has 0 atom stereocenters. The summed E-state index contributed by atoms with van der Waals surface area (Å²) in [6.07, 6.45) is 3.06. The first-order chi connectivity index (χ1) is 9.13. The predicted octanol–water partition coefficient (Wildman–Crippen LogP) is 2.53. The highest BCUT2D eigenvalue weighted by Gasteiger charge is 2.13. The molecule has 1 aromatic rings. The molecular weight excluding hydrogens is 242 g/mol. The van der Waals surface area contributed by atoms with Gasteiger partial charge in [0.1, 0.15) is 0 Å². The maximum atomic E-state index is 5.62. The Kier molecular flexibility index (Phi) is 4.45. The highest BCUT2D eigenvalue weighted by Crippen LogP contribution is 2.32. The minimum Gasteiger partial charge on any atom is -0.493 e. The lowest BCUT2D eigenvalue weighted by Gasteiger charge is -2.16. The Balaban J connectivity index is 2.46. The quantitative estimate of drug-likeness (QED) is 0.820. The van der Waals surface area contributed by atoms with E-state index in [1.807, 2.05) is 18.2 Å². The van der Waals surface area contributed by atoms with Crippen molar-refractivity contribution >= 4 is 6.08 Å². The van der Waals surface area contributed by atoms with Crippen LogP contribution in [0.25, 0.3) is 6.08 Å². The van der Waals surface area contributed by atoms with Crippen molar-refractivity contribution in [3.8, 4) is 11.5 Å². The third kappa shape index (κ3) is 3.28. The molecule has 0 spiro atoms. The van der Waals surface area contributed by atoms with Gasteiger partial charge in [-0.05, 0) is 42.2 Å². The number of likely N-dealkylation sites (N-methyl/N-ethyl adjacent to an activating group) is 1. The van der Waals surface area contributed by atoms with Crippen molar-refractivity contribution in [1.29, 1.82) is 0 Å². The average Bonchev–Trinajstić information content (AvgIpc) is 2.48. The van der Waals surface area contributed by atoms with Crippen LogP contribution in [0.4, 0.5) is 0 Å². The molecule has 0 unspecified atom stereocenters. The van der Waals surface area contributed by atoms with Crippen molar-refractivity contribution in [2.24, 2.45) is 0 Å². The maximum absolute atomic E-state index is 5.62. The van der Waals surface area contributed by atoms with Gasteiger partial charge in [0.2, 0.25) is 0 Å². The van der Waals surface area contributed by atoms with E-state index in [2.05, 4.69) is 19.1 Å². The minimum atomic E-state index is 0.615. The van der Waals surface area contributed by atoms with Crippen LogP contribution in [0.3, 0.4) is 0 Å². The van der Waals surface area contributed by atoms with Crippen molar-refractivity contribution in [2.45, 2.75) is 13.3 Å². The number of methoxy groups -OCH3 is 2. The van der Waals surface area contributed by atoms with Crippen molar-refractivity contribution in [3.63, 3.8) is 0 Å². The van der Waals surface area contributed by atoms with Crippen LogP contribution in [0.5, 0.6) is 11.5 Å². The topological polar surface area (TPSA) is 30.9 Å². The second kappa shape index (κ2) is 6.08. The van der Waals surface area contributed by atoms with Gasteiger partial charge < -0.3 is 9.47 Å². The molecule has 0 amide bonds. The molecule has 0 aliphatic carbocycles. The van der Waals surface area contributed by atoms with Gasteiger partial charge in [-0.25, -0.2) is 0 Å². The average molecular weight is 263 g/mol. The molecule has 0 bridgehead atoms. The lowest BCUT2D eigenvalue weighted by Crippen LogP contribution is -2.22. The van der Waals surface area contributed by atoms with Crippen LogP contribution >= 0.6 is 0 Å². The fourth-order valence-electron chi connectivity index (χ4n) is 2.15. The van der Waals surface area contributed by atoms with Crippen LogP contribution in [-0.4, -0.2) is 39.5 Å². The SMILES string of the molecule is COc1cc2c(cc1OC)CCN(C)OC/C(C)=C\2. The Labute approximate surface area is 114 Å². The fraction of sp³-hybridized carbons (Fsp3) is 0.467. The van der Waals surface area contributed by atoms with E-state index in [1.54, 1.807) is 14.2 Å². The summed E-state index contributed by atoms with van der Waals surface area (Å²) in [6, 6.07) is 4.08. The van der Waals surface area contributed by atoms with E-state index >= 15 is 0 Å². The summed E-state index contributed by atoms with van der Waals surface area (Å²) < 4.78 is 10.7. The van der Waals surface area contributed by atoms with Gasteiger partial charge in [-0.3, -0.25) is 4.84 Å². The molecule has 19 heavy (non-hydrogen) atoms. The summed E-state index contributed by atoms with van der Waals surface area (Å²) in [5.74, 6) is 1.54. The highest BCUT2D eigenvalue weighted by atomic mass is 16.7. The molecule has 0 fully saturated rings. The van der Waals surface area contributed by atoms with Crippen molar-refractivity contribution in [1.82, 2.24) is 5.06 Å². The van der Waals surface area contributed by atoms with Gasteiger partial charge in [0.25, 0.3) is 0 Å². The summed E-state index contributed by atoms with van der Waals surface area (Å²) in [5.41, 5.74) is 3.60. The van der Waals surface area contributed by atoms with E-state index in [0.717, 1.165) is 24.5 Å². The summed E-state index contributed by atoms with van der Waals surface area (Å²) in [5, 5.41) is 1.88. The predicted molar refractivity (Wildman–Crippen MR) is 75.5 cm³/mol. The van der Waals surface area contributed by atoms with E-state index in [0.29, 0.717) is 6.61 Å². The molecule has 0 N–H and O–H groups in total. The summed E-state index contributed by atoms with van der Waals surface area (Å²) in [6.45, 7) is 3.54. The minimum absolute atomic E-state index is 0.615. The molecule has 4 nitrogen and oxygen atoms in total. The first kappa shape index (κ1) is 13.9. The molecule has 1 aromatic carbocycles. The second-order valence-electron chi connectivity index (χ2n) is 4.77. The second-order valence-corrected chi connectivity index (χ2v) is 4.77. The van der Waals surface area contributed by atoms with Crippen molar-refractivity contribution in [3.05, 3.63) is 28.8 Å². The summed E-state index contributed by atoms with van der Waals surface area (Å²) >= 11 is 0. The molecule has 0 saturated carbocycles. The van der Waals surface area contributed by atoms with Crippen LogP contribution in [0.15, 0.2) is 17.7 Å². The molecule has 1 heterocycles. The molecule has 0 aromatic heterocycles. The number of nitrogens with zero attached hydrogens (tertiary/aromatic N) is 1. The maximum Gasteiger partial charge on any atom is 0.161 e. The number of hydroxylamine groups is 2. The summed E-state index contributed by atoms with van der Waals surface area (Å²) in [4.78, 5) is 5.62. The van der Waals surface area contributed by atoms with Crippen molar-refractivity contribution < 1.29 is 14.3 Å². The van der Waals surface area contributed by atoms with Crippen LogP contribution in [0.2, 0.25) is 0 Å². The number of hydrogen-bond donors (Lipinski definition) is 0. The monoisotopic (exact) mass is 263 g/mol. The Morgan fingerprint density at radius 1 is 1.16 bits per heavy atom. The van der Waals surface area contributed by atoms with Gasteiger partial charge in [0.15, 0.2) is 11.5 Å². The number of rotatable bonds is 2. The molecule has 104 valence electrons. The summed E-state index contributed by atoms with van der Waals surface area (Å²) in [7, 11) is 5.28. The number of ether oxygens (including phenoxy) is 2.